The normalized spacial score (nSPS) is 20.5. The summed E-state index contributed by atoms with van der Waals surface area (Å²) in [7, 11) is 0. The molecule has 3 amide bonds. The van der Waals surface area contributed by atoms with Crippen molar-refractivity contribution in [3.8, 4) is 5.75 Å². The van der Waals surface area contributed by atoms with Crippen molar-refractivity contribution in [3.05, 3.63) is 24.3 Å². The molecule has 1 aliphatic heterocycles. The number of anilines is 1. The van der Waals surface area contributed by atoms with E-state index < -0.39 is 0 Å². The summed E-state index contributed by atoms with van der Waals surface area (Å²) in [4.78, 5) is 26.9. The van der Waals surface area contributed by atoms with Crippen molar-refractivity contribution >= 4 is 17.6 Å². The first kappa shape index (κ1) is 17.6. The fourth-order valence-electron chi connectivity index (χ4n) is 3.69. The van der Waals surface area contributed by atoms with Crippen molar-refractivity contribution in [1.29, 1.82) is 0 Å². The average molecular weight is 345 g/mol. The van der Waals surface area contributed by atoms with Gasteiger partial charge in [0.1, 0.15) is 11.8 Å². The van der Waals surface area contributed by atoms with Crippen molar-refractivity contribution in [2.75, 3.05) is 18.5 Å². The van der Waals surface area contributed by atoms with Crippen LogP contribution in [-0.2, 0) is 4.79 Å². The minimum Gasteiger partial charge on any atom is -0.492 e. The Bertz CT molecular complexity index is 614. The molecule has 1 aliphatic carbocycles. The third-order valence-electron chi connectivity index (χ3n) is 4.95. The summed E-state index contributed by atoms with van der Waals surface area (Å²) >= 11 is 0. The SMILES string of the molecule is CCOc1ccccc1NC(=O)N1CCC[C@@H]1C(=O)NC1CCCC1. The lowest BCUT2D eigenvalue weighted by molar-refractivity contribution is -0.125. The number of benzene rings is 1. The van der Waals surface area contributed by atoms with Gasteiger partial charge in [0.15, 0.2) is 0 Å². The van der Waals surface area contributed by atoms with Gasteiger partial charge in [0.05, 0.1) is 12.3 Å². The molecule has 2 fully saturated rings. The van der Waals surface area contributed by atoms with Crippen LogP contribution in [0.25, 0.3) is 0 Å². The molecule has 0 bridgehead atoms. The van der Waals surface area contributed by atoms with Gasteiger partial charge in [-0.1, -0.05) is 25.0 Å². The van der Waals surface area contributed by atoms with Gasteiger partial charge in [0, 0.05) is 12.6 Å². The third-order valence-corrected chi connectivity index (χ3v) is 4.95. The van der Waals surface area contributed by atoms with E-state index in [9.17, 15) is 9.59 Å². The number of amides is 3. The number of hydrogen-bond donors (Lipinski definition) is 2. The molecule has 1 saturated heterocycles. The van der Waals surface area contributed by atoms with Gasteiger partial charge < -0.3 is 20.3 Å². The zero-order valence-corrected chi connectivity index (χ0v) is 14.8. The summed E-state index contributed by atoms with van der Waals surface area (Å²) in [6.45, 7) is 3.04. The van der Waals surface area contributed by atoms with E-state index in [-0.39, 0.29) is 24.0 Å². The van der Waals surface area contributed by atoms with Gasteiger partial charge in [-0.05, 0) is 44.7 Å². The molecule has 0 spiro atoms. The van der Waals surface area contributed by atoms with E-state index in [1.165, 1.54) is 12.8 Å². The van der Waals surface area contributed by atoms with Gasteiger partial charge in [-0.2, -0.15) is 0 Å². The summed E-state index contributed by atoms with van der Waals surface area (Å²) in [6, 6.07) is 7.02. The van der Waals surface area contributed by atoms with Crippen LogP contribution in [0.1, 0.15) is 45.4 Å². The van der Waals surface area contributed by atoms with Gasteiger partial charge in [-0.15, -0.1) is 0 Å². The van der Waals surface area contributed by atoms with Crippen LogP contribution in [0.3, 0.4) is 0 Å². The molecule has 6 nitrogen and oxygen atoms in total. The molecule has 25 heavy (non-hydrogen) atoms. The number of nitrogens with zero attached hydrogens (tertiary/aromatic N) is 1. The maximum Gasteiger partial charge on any atom is 0.322 e. The molecule has 0 radical (unpaired) electrons. The lowest BCUT2D eigenvalue weighted by Gasteiger charge is -2.26. The molecule has 0 aromatic heterocycles. The summed E-state index contributed by atoms with van der Waals surface area (Å²) in [5.74, 6) is 0.627. The van der Waals surface area contributed by atoms with E-state index in [1.54, 1.807) is 4.90 Å². The zero-order chi connectivity index (χ0) is 17.6. The van der Waals surface area contributed by atoms with E-state index in [1.807, 2.05) is 31.2 Å². The van der Waals surface area contributed by atoms with Crippen LogP contribution < -0.4 is 15.4 Å². The zero-order valence-electron chi connectivity index (χ0n) is 14.8. The highest BCUT2D eigenvalue weighted by Gasteiger charge is 2.35. The molecule has 1 heterocycles. The summed E-state index contributed by atoms with van der Waals surface area (Å²) in [6.07, 6.45) is 6.02. The molecular weight excluding hydrogens is 318 g/mol. The Morgan fingerprint density at radius 3 is 2.68 bits per heavy atom. The van der Waals surface area contributed by atoms with Crippen LogP contribution in [0.4, 0.5) is 10.5 Å². The van der Waals surface area contributed by atoms with Gasteiger partial charge in [0.25, 0.3) is 0 Å². The Labute approximate surface area is 148 Å². The third kappa shape index (κ3) is 4.24. The smallest absolute Gasteiger partial charge is 0.322 e. The van der Waals surface area contributed by atoms with Crippen molar-refractivity contribution in [2.45, 2.75) is 57.5 Å². The Kier molecular flexibility index (Phi) is 5.79. The monoisotopic (exact) mass is 345 g/mol. The van der Waals surface area contributed by atoms with Gasteiger partial charge in [-0.25, -0.2) is 4.79 Å². The number of nitrogens with one attached hydrogen (secondary N) is 2. The molecule has 1 atom stereocenters. The van der Waals surface area contributed by atoms with Gasteiger partial charge in [0.2, 0.25) is 5.91 Å². The molecule has 0 unspecified atom stereocenters. The number of rotatable bonds is 5. The number of likely N-dealkylation sites (tertiary alicyclic amines) is 1. The number of carbonyl (C=O) groups is 2. The van der Waals surface area contributed by atoms with E-state index in [2.05, 4.69) is 10.6 Å². The molecule has 1 saturated carbocycles. The van der Waals surface area contributed by atoms with Crippen molar-refractivity contribution in [1.82, 2.24) is 10.2 Å². The van der Waals surface area contributed by atoms with Crippen LogP contribution in [0, 0.1) is 0 Å². The molecule has 6 heteroatoms. The van der Waals surface area contributed by atoms with Crippen molar-refractivity contribution < 1.29 is 14.3 Å². The molecule has 3 rings (SSSR count). The second kappa shape index (κ2) is 8.23. The summed E-state index contributed by atoms with van der Waals surface area (Å²) in [5, 5.41) is 6.01. The fraction of sp³-hybridized carbons (Fsp3) is 0.579. The van der Waals surface area contributed by atoms with Crippen molar-refractivity contribution in [2.24, 2.45) is 0 Å². The topological polar surface area (TPSA) is 70.7 Å². The first-order valence-electron chi connectivity index (χ1n) is 9.29. The standard InChI is InChI=1S/C19H27N3O3/c1-2-25-17-12-6-5-10-15(17)21-19(24)22-13-7-11-16(22)18(23)20-14-8-3-4-9-14/h5-6,10,12,14,16H,2-4,7-9,11,13H2,1H3,(H,20,23)(H,21,24)/t16-/m1/s1. The average Bonchev–Trinajstić information content (AvgIpc) is 3.28. The molecule has 2 N–H and O–H groups in total. The minimum atomic E-state index is -0.375. The molecule has 136 valence electrons. The Balaban J connectivity index is 1.63. The Morgan fingerprint density at radius 1 is 1.16 bits per heavy atom. The highest BCUT2D eigenvalue weighted by atomic mass is 16.5. The van der Waals surface area contributed by atoms with Gasteiger partial charge >= 0.3 is 6.03 Å². The second-order valence-electron chi connectivity index (χ2n) is 6.70. The maximum absolute atomic E-state index is 12.7. The largest absolute Gasteiger partial charge is 0.492 e. The first-order chi connectivity index (χ1) is 12.2. The second-order valence-corrected chi connectivity index (χ2v) is 6.70. The highest BCUT2D eigenvalue weighted by molar-refractivity contribution is 5.95. The number of carbonyl (C=O) groups excluding carboxylic acids is 2. The van der Waals surface area contributed by atoms with E-state index >= 15 is 0 Å². The quantitative estimate of drug-likeness (QED) is 0.861. The molecule has 1 aromatic rings. The predicted octanol–water partition coefficient (Wildman–Crippen LogP) is 3.14. The lowest BCUT2D eigenvalue weighted by Crippen LogP contribution is -2.49. The fourth-order valence-corrected chi connectivity index (χ4v) is 3.69. The summed E-state index contributed by atoms with van der Waals surface area (Å²) < 4.78 is 5.55. The van der Waals surface area contributed by atoms with Crippen LogP contribution in [0.15, 0.2) is 24.3 Å². The maximum atomic E-state index is 12.7. The van der Waals surface area contributed by atoms with Crippen LogP contribution in [0.5, 0.6) is 5.75 Å². The number of hydrogen-bond acceptors (Lipinski definition) is 3. The van der Waals surface area contributed by atoms with E-state index in [0.717, 1.165) is 25.7 Å². The minimum absolute atomic E-state index is 0.0161. The molecular formula is C19H27N3O3. The molecule has 1 aromatic carbocycles. The van der Waals surface area contributed by atoms with Crippen LogP contribution in [0.2, 0.25) is 0 Å². The molecule has 2 aliphatic rings. The van der Waals surface area contributed by atoms with Crippen molar-refractivity contribution in [3.63, 3.8) is 0 Å². The van der Waals surface area contributed by atoms with Crippen LogP contribution >= 0.6 is 0 Å². The lowest BCUT2D eigenvalue weighted by atomic mass is 10.1. The number of para-hydroxylation sites is 2. The van der Waals surface area contributed by atoms with E-state index in [4.69, 9.17) is 4.74 Å². The Morgan fingerprint density at radius 2 is 1.92 bits per heavy atom. The predicted molar refractivity (Wildman–Crippen MR) is 96.8 cm³/mol. The van der Waals surface area contributed by atoms with Gasteiger partial charge in [-0.3, -0.25) is 4.79 Å². The summed E-state index contributed by atoms with van der Waals surface area (Å²) in [5.41, 5.74) is 0.635. The Hall–Kier alpha value is -2.24. The van der Waals surface area contributed by atoms with Crippen LogP contribution in [-0.4, -0.2) is 42.1 Å². The first-order valence-corrected chi connectivity index (χ1v) is 9.29. The number of ether oxygens (including phenoxy) is 1. The highest BCUT2D eigenvalue weighted by Crippen LogP contribution is 2.26. The number of urea groups is 1. The van der Waals surface area contributed by atoms with E-state index in [0.29, 0.717) is 24.6 Å².